The fraction of sp³-hybridized carbons (Fsp3) is 0.128. The van der Waals surface area contributed by atoms with Gasteiger partial charge in [-0.1, -0.05) is 118 Å². The largest absolute Gasteiger partial charge is 0.455 e. The molecule has 44 heavy (non-hydrogen) atoms. The lowest BCUT2D eigenvalue weighted by Crippen LogP contribution is -2.56. The maximum atomic E-state index is 6.86. The van der Waals surface area contributed by atoms with Crippen molar-refractivity contribution in [3.63, 3.8) is 0 Å². The van der Waals surface area contributed by atoms with Gasteiger partial charge in [0.1, 0.15) is 24.6 Å². The van der Waals surface area contributed by atoms with Crippen LogP contribution in [0.25, 0.3) is 10.4 Å². The predicted octanol–water partition coefficient (Wildman–Crippen LogP) is 10.2. The molecular weight excluding hydrogens is 575 g/mol. The number of para-hydroxylation sites is 4. The second-order valence-corrected chi connectivity index (χ2v) is 18.0. The first-order chi connectivity index (χ1) is 21.3. The molecule has 0 unspecified atom stereocenters. The third kappa shape index (κ3) is 4.07. The molecule has 3 nitrogen and oxygen atoms in total. The van der Waals surface area contributed by atoms with Crippen LogP contribution in [0.1, 0.15) is 25.0 Å². The topological polar surface area (TPSA) is 21.7 Å². The van der Waals surface area contributed by atoms with E-state index in [-0.39, 0.29) is 5.41 Å². The molecule has 0 spiro atoms. The van der Waals surface area contributed by atoms with Gasteiger partial charge in [-0.25, -0.2) is 0 Å². The highest BCUT2D eigenvalue weighted by Crippen LogP contribution is 2.55. The van der Waals surface area contributed by atoms with Crippen LogP contribution < -0.4 is 24.7 Å². The molecule has 216 valence electrons. The van der Waals surface area contributed by atoms with Crippen LogP contribution in [0.3, 0.4) is 0 Å². The molecule has 0 amide bonds. The Morgan fingerprint density at radius 1 is 0.568 bits per heavy atom. The van der Waals surface area contributed by atoms with Crippen molar-refractivity contribution in [3.8, 4) is 33.4 Å². The Bertz CT molecular complexity index is 1940. The summed E-state index contributed by atoms with van der Waals surface area (Å²) in [6.07, 6.45) is 0. The first-order valence-electron chi connectivity index (χ1n) is 15.1. The Morgan fingerprint density at radius 2 is 1.18 bits per heavy atom. The molecule has 0 atom stereocenters. The van der Waals surface area contributed by atoms with Gasteiger partial charge in [0.2, 0.25) is 0 Å². The zero-order valence-corrected chi connectivity index (χ0v) is 27.1. The molecular formula is C39H33NO2SSi. The summed E-state index contributed by atoms with van der Waals surface area (Å²) in [6, 6.07) is 45.2. The quantitative estimate of drug-likeness (QED) is 0.186. The summed E-state index contributed by atoms with van der Waals surface area (Å²) >= 11 is 1.78. The number of hydrogen-bond acceptors (Lipinski definition) is 4. The van der Waals surface area contributed by atoms with Crippen LogP contribution in [0.15, 0.2) is 127 Å². The number of nitrogens with zero attached hydrogens (tertiary/aromatic N) is 1. The van der Waals surface area contributed by atoms with Crippen LogP contribution >= 0.6 is 11.3 Å². The third-order valence-electron chi connectivity index (χ3n) is 9.23. The van der Waals surface area contributed by atoms with Gasteiger partial charge in [-0.2, -0.15) is 0 Å². The van der Waals surface area contributed by atoms with Crippen molar-refractivity contribution in [2.24, 2.45) is 0 Å². The Hall–Kier alpha value is -4.58. The van der Waals surface area contributed by atoms with E-state index in [2.05, 4.69) is 159 Å². The number of benzene rings is 5. The van der Waals surface area contributed by atoms with Gasteiger partial charge in [-0.15, -0.1) is 11.3 Å². The second-order valence-electron chi connectivity index (χ2n) is 12.6. The minimum absolute atomic E-state index is 0.225. The van der Waals surface area contributed by atoms with Crippen molar-refractivity contribution in [2.45, 2.75) is 32.4 Å². The van der Waals surface area contributed by atoms with E-state index >= 15 is 0 Å². The monoisotopic (exact) mass is 607 g/mol. The summed E-state index contributed by atoms with van der Waals surface area (Å²) in [6.45, 7) is 9.43. The number of thiophene rings is 1. The summed E-state index contributed by atoms with van der Waals surface area (Å²) in [7, 11) is -2.04. The minimum atomic E-state index is -2.04. The van der Waals surface area contributed by atoms with Gasteiger partial charge in [0.25, 0.3) is 0 Å². The second kappa shape index (κ2) is 9.98. The molecule has 0 saturated heterocycles. The van der Waals surface area contributed by atoms with Gasteiger partial charge in [-0.3, -0.25) is 4.90 Å². The van der Waals surface area contributed by atoms with Crippen molar-refractivity contribution in [3.05, 3.63) is 139 Å². The van der Waals surface area contributed by atoms with Crippen molar-refractivity contribution in [1.82, 2.24) is 0 Å². The zero-order valence-electron chi connectivity index (χ0n) is 25.3. The van der Waals surface area contributed by atoms with E-state index < -0.39 is 8.07 Å². The molecule has 0 radical (unpaired) electrons. The molecule has 0 bridgehead atoms. The fourth-order valence-corrected chi connectivity index (χ4v) is 10.7. The zero-order chi connectivity index (χ0) is 30.1. The first-order valence-corrected chi connectivity index (χ1v) is 18.9. The van der Waals surface area contributed by atoms with E-state index in [9.17, 15) is 0 Å². The lowest BCUT2D eigenvalue weighted by Gasteiger charge is -2.38. The number of ether oxygens (including phenoxy) is 2. The Morgan fingerprint density at radius 3 is 2.00 bits per heavy atom. The highest BCUT2D eigenvalue weighted by molar-refractivity contribution is 7.19. The SMILES string of the molecule is CC1(C)c2ccccc2Oc2c(N(c3ccc(-c4ccccc4)s3)c3cccc4c3Oc3ccccc3[Si]4(C)C)cccc21. The Labute approximate surface area is 264 Å². The van der Waals surface area contributed by atoms with E-state index in [4.69, 9.17) is 9.47 Å². The summed E-state index contributed by atoms with van der Waals surface area (Å²) in [5.41, 5.74) is 5.37. The highest BCUT2D eigenvalue weighted by atomic mass is 32.1. The lowest BCUT2D eigenvalue weighted by molar-refractivity contribution is 0.419. The van der Waals surface area contributed by atoms with E-state index in [1.54, 1.807) is 11.3 Å². The van der Waals surface area contributed by atoms with E-state index in [1.807, 2.05) is 0 Å². The van der Waals surface area contributed by atoms with E-state index in [0.717, 1.165) is 39.4 Å². The van der Waals surface area contributed by atoms with Gasteiger partial charge in [0, 0.05) is 21.4 Å². The predicted molar refractivity (Wildman–Crippen MR) is 186 cm³/mol. The Balaban J connectivity index is 1.37. The molecule has 3 heterocycles. The van der Waals surface area contributed by atoms with Gasteiger partial charge in [0.05, 0.1) is 11.4 Å². The van der Waals surface area contributed by atoms with Gasteiger partial charge >= 0.3 is 0 Å². The molecule has 2 aliphatic heterocycles. The maximum absolute atomic E-state index is 6.86. The number of hydrogen-bond donors (Lipinski definition) is 0. The molecule has 0 saturated carbocycles. The third-order valence-corrected chi connectivity index (χ3v) is 13.9. The first kappa shape index (κ1) is 27.0. The molecule has 0 aliphatic carbocycles. The van der Waals surface area contributed by atoms with Crippen LogP contribution in [-0.2, 0) is 5.41 Å². The molecule has 0 N–H and O–H groups in total. The molecule has 1 aromatic heterocycles. The molecule has 0 fully saturated rings. The van der Waals surface area contributed by atoms with E-state index in [1.165, 1.54) is 31.9 Å². The molecule has 8 rings (SSSR count). The summed E-state index contributed by atoms with van der Waals surface area (Å²) in [5.74, 6) is 3.69. The van der Waals surface area contributed by atoms with Crippen molar-refractivity contribution in [1.29, 1.82) is 0 Å². The molecule has 5 aromatic carbocycles. The van der Waals surface area contributed by atoms with Gasteiger partial charge in [0.15, 0.2) is 11.5 Å². The van der Waals surface area contributed by atoms with Crippen LogP contribution in [0.5, 0.6) is 23.0 Å². The van der Waals surface area contributed by atoms with Crippen molar-refractivity contribution >= 4 is 46.2 Å². The highest BCUT2D eigenvalue weighted by Gasteiger charge is 2.40. The normalized spacial score (nSPS) is 15.1. The van der Waals surface area contributed by atoms with Crippen LogP contribution in [0.4, 0.5) is 16.4 Å². The summed E-state index contributed by atoms with van der Waals surface area (Å²) in [5, 5.41) is 3.74. The van der Waals surface area contributed by atoms with Gasteiger partial charge < -0.3 is 9.47 Å². The fourth-order valence-electron chi connectivity index (χ4n) is 6.83. The number of anilines is 3. The summed E-state index contributed by atoms with van der Waals surface area (Å²) < 4.78 is 13.7. The molecule has 2 aliphatic rings. The number of fused-ring (bicyclic) bond motifs is 4. The maximum Gasteiger partial charge on any atom is 0.155 e. The van der Waals surface area contributed by atoms with Crippen LogP contribution in [0.2, 0.25) is 13.1 Å². The standard InChI is InChI=1S/C39H33NO2SSi/c1-39(2)27-16-8-9-20-31(27)41-37-28(39)17-12-18-29(37)40(36-25-24-33(43-36)26-14-6-5-7-15-26)30-19-13-23-35-38(30)42-32-21-10-11-22-34(32)44(35,3)4/h5-25H,1-4H3. The van der Waals surface area contributed by atoms with E-state index in [0.29, 0.717) is 0 Å². The van der Waals surface area contributed by atoms with Crippen molar-refractivity contribution < 1.29 is 9.47 Å². The molecule has 5 heteroatoms. The van der Waals surface area contributed by atoms with Crippen LogP contribution in [0, 0.1) is 0 Å². The van der Waals surface area contributed by atoms with Crippen molar-refractivity contribution in [2.75, 3.05) is 4.90 Å². The average molecular weight is 608 g/mol. The minimum Gasteiger partial charge on any atom is -0.455 e. The Kier molecular flexibility index (Phi) is 6.12. The van der Waals surface area contributed by atoms with Crippen LogP contribution in [-0.4, -0.2) is 8.07 Å². The molecule has 6 aromatic rings. The van der Waals surface area contributed by atoms with Gasteiger partial charge in [-0.05, 0) is 52.3 Å². The summed E-state index contributed by atoms with van der Waals surface area (Å²) in [4.78, 5) is 3.57. The average Bonchev–Trinajstić information content (AvgIpc) is 3.52. The smallest absolute Gasteiger partial charge is 0.155 e. The lowest BCUT2D eigenvalue weighted by atomic mass is 9.75. The number of rotatable bonds is 4.